The number of carbonyl (C=O) groups is 1. The fraction of sp³-hybridized carbons (Fsp3) is 0.483. The van der Waals surface area contributed by atoms with Gasteiger partial charge in [0.05, 0.1) is 29.9 Å². The molecule has 2 bridgehead atoms. The highest BCUT2D eigenvalue weighted by molar-refractivity contribution is 7.90. The second-order valence-corrected chi connectivity index (χ2v) is 13.1. The van der Waals surface area contributed by atoms with Crippen LogP contribution >= 0.6 is 11.6 Å². The first-order valence-electron chi connectivity index (χ1n) is 13.5. The van der Waals surface area contributed by atoms with Crippen LogP contribution in [-0.4, -0.2) is 57.4 Å². The zero-order valence-electron chi connectivity index (χ0n) is 22.6. The van der Waals surface area contributed by atoms with E-state index in [1.807, 2.05) is 6.07 Å². The van der Waals surface area contributed by atoms with Crippen molar-refractivity contribution in [3.63, 3.8) is 0 Å². The van der Waals surface area contributed by atoms with Crippen LogP contribution in [0, 0.1) is 11.8 Å². The number of rotatable bonds is 0. The van der Waals surface area contributed by atoms with Gasteiger partial charge in [-0.15, -0.1) is 0 Å². The van der Waals surface area contributed by atoms with E-state index >= 15 is 0 Å². The molecule has 1 saturated carbocycles. The largest absolute Gasteiger partial charge is 0.493 e. The average molecular weight is 591 g/mol. The Morgan fingerprint density at radius 1 is 1.10 bits per heavy atom. The monoisotopic (exact) mass is 590 g/mol. The fourth-order valence-corrected chi connectivity index (χ4v) is 6.52. The van der Waals surface area contributed by atoms with E-state index in [-0.39, 0.29) is 29.9 Å². The van der Waals surface area contributed by atoms with Gasteiger partial charge >= 0.3 is 0 Å². The molecule has 2 aliphatic heterocycles. The Kier molecular flexibility index (Phi) is 8.33. The van der Waals surface area contributed by atoms with E-state index in [1.165, 1.54) is 19.9 Å². The van der Waals surface area contributed by atoms with Gasteiger partial charge in [0.25, 0.3) is 15.9 Å². The van der Waals surface area contributed by atoms with Gasteiger partial charge in [-0.3, -0.25) is 4.79 Å². The van der Waals surface area contributed by atoms with Gasteiger partial charge in [0, 0.05) is 23.7 Å². The molecule has 2 aromatic carbocycles. The summed E-state index contributed by atoms with van der Waals surface area (Å²) in [7, 11) is -4.21. The molecule has 0 saturated heterocycles. The standard InChI is InChI=1S/C29H35ClN2O7S/c1-29(2)28(34)31-40(35,36)22-9-11-26-24(16-22)32(17-19-7-10-23(19)25(33)5-3-14-39-29)12-4-13-37-27-15-21(30)8-6-20(27)18-38-26/h3,5-6,8-9,11,15-16,19,23,25,33H,4,7,10,12-14,17-18H2,1-2H3,(H,31,34)/b5-3+/t19-,23+,25-/m0/s1. The summed E-state index contributed by atoms with van der Waals surface area (Å²) >= 11 is 6.20. The number of amides is 1. The Hall–Kier alpha value is -2.79. The number of hydrogen-bond donors (Lipinski definition) is 2. The second-order valence-electron chi connectivity index (χ2n) is 11.0. The smallest absolute Gasteiger partial charge is 0.265 e. The van der Waals surface area contributed by atoms with Gasteiger partial charge in [-0.05, 0) is 75.3 Å². The van der Waals surface area contributed by atoms with Crippen molar-refractivity contribution in [3.8, 4) is 11.5 Å². The van der Waals surface area contributed by atoms with E-state index < -0.39 is 27.6 Å². The third-order valence-corrected chi connectivity index (χ3v) is 9.40. The molecule has 216 valence electrons. The fourth-order valence-electron chi connectivity index (χ4n) is 5.24. The molecule has 0 aromatic heterocycles. The van der Waals surface area contributed by atoms with Crippen molar-refractivity contribution in [2.24, 2.45) is 11.8 Å². The quantitative estimate of drug-likeness (QED) is 0.442. The Bertz CT molecular complexity index is 1390. The van der Waals surface area contributed by atoms with Crippen molar-refractivity contribution in [1.82, 2.24) is 4.72 Å². The van der Waals surface area contributed by atoms with E-state index in [9.17, 15) is 18.3 Å². The van der Waals surface area contributed by atoms with E-state index in [4.69, 9.17) is 25.8 Å². The lowest BCUT2D eigenvalue weighted by molar-refractivity contribution is -0.139. The Morgan fingerprint density at radius 2 is 1.93 bits per heavy atom. The lowest BCUT2D eigenvalue weighted by Crippen LogP contribution is -2.47. The van der Waals surface area contributed by atoms with Crippen LogP contribution in [-0.2, 0) is 26.2 Å². The van der Waals surface area contributed by atoms with Crippen molar-refractivity contribution in [1.29, 1.82) is 0 Å². The van der Waals surface area contributed by atoms with Crippen LogP contribution in [0.25, 0.3) is 0 Å². The van der Waals surface area contributed by atoms with Crippen LogP contribution in [0.2, 0.25) is 5.02 Å². The predicted molar refractivity (Wildman–Crippen MR) is 151 cm³/mol. The molecule has 1 amide bonds. The summed E-state index contributed by atoms with van der Waals surface area (Å²) in [6.07, 6.45) is 5.21. The van der Waals surface area contributed by atoms with Gasteiger partial charge in [0.2, 0.25) is 0 Å². The number of aliphatic hydroxyl groups excluding tert-OH is 1. The van der Waals surface area contributed by atoms with Gasteiger partial charge in [-0.1, -0.05) is 29.8 Å². The number of nitrogens with one attached hydrogen (secondary N) is 1. The topological polar surface area (TPSA) is 114 Å². The zero-order valence-corrected chi connectivity index (χ0v) is 24.2. The summed E-state index contributed by atoms with van der Waals surface area (Å²) in [6, 6.07) is 9.99. The first-order chi connectivity index (χ1) is 19.0. The molecule has 2 heterocycles. The maximum absolute atomic E-state index is 13.4. The number of carbonyl (C=O) groups excluding carboxylic acids is 1. The Labute approximate surface area is 240 Å². The van der Waals surface area contributed by atoms with Gasteiger partial charge < -0.3 is 24.2 Å². The molecule has 2 N–H and O–H groups in total. The minimum Gasteiger partial charge on any atom is -0.493 e. The summed E-state index contributed by atoms with van der Waals surface area (Å²) in [5.74, 6) is 0.616. The second kappa shape index (κ2) is 11.6. The molecule has 9 nitrogen and oxygen atoms in total. The van der Waals surface area contributed by atoms with Gasteiger partial charge in [-0.25, -0.2) is 13.1 Å². The number of aliphatic hydroxyl groups is 1. The normalized spacial score (nSPS) is 27.2. The summed E-state index contributed by atoms with van der Waals surface area (Å²) in [6.45, 7) is 4.86. The van der Waals surface area contributed by atoms with E-state index in [0.29, 0.717) is 48.3 Å². The van der Waals surface area contributed by atoms with Crippen LogP contribution < -0.4 is 19.1 Å². The number of hydrogen-bond acceptors (Lipinski definition) is 8. The molecule has 40 heavy (non-hydrogen) atoms. The summed E-state index contributed by atoms with van der Waals surface area (Å²) < 4.78 is 46.8. The summed E-state index contributed by atoms with van der Waals surface area (Å²) in [5.41, 5.74) is 0.00599. The summed E-state index contributed by atoms with van der Waals surface area (Å²) in [5, 5.41) is 11.5. The van der Waals surface area contributed by atoms with Crippen LogP contribution in [0.3, 0.4) is 0 Å². The van der Waals surface area contributed by atoms with E-state index in [1.54, 1.807) is 36.4 Å². The van der Waals surface area contributed by atoms with Crippen molar-refractivity contribution < 1.29 is 32.5 Å². The van der Waals surface area contributed by atoms with Crippen LogP contribution in [0.1, 0.15) is 38.7 Å². The molecule has 3 aliphatic rings. The van der Waals surface area contributed by atoms with Gasteiger partial charge in [-0.2, -0.15) is 0 Å². The zero-order chi connectivity index (χ0) is 28.5. The van der Waals surface area contributed by atoms with Crippen LogP contribution in [0.4, 0.5) is 5.69 Å². The lowest BCUT2D eigenvalue weighted by Gasteiger charge is -2.42. The maximum atomic E-state index is 13.4. The lowest BCUT2D eigenvalue weighted by atomic mass is 9.70. The van der Waals surface area contributed by atoms with Crippen molar-refractivity contribution in [3.05, 3.63) is 59.1 Å². The molecule has 0 radical (unpaired) electrons. The molecule has 0 spiro atoms. The molecule has 1 aliphatic carbocycles. The molecular formula is C29H35ClN2O7S. The number of anilines is 1. The number of sulfonamides is 1. The molecular weight excluding hydrogens is 556 g/mol. The minimum atomic E-state index is -4.21. The van der Waals surface area contributed by atoms with Gasteiger partial charge in [0.1, 0.15) is 23.7 Å². The van der Waals surface area contributed by atoms with E-state index in [2.05, 4.69) is 9.62 Å². The van der Waals surface area contributed by atoms with Crippen molar-refractivity contribution >= 4 is 33.2 Å². The number of ether oxygens (including phenoxy) is 3. The third-order valence-electron chi connectivity index (χ3n) is 7.84. The molecule has 3 atom stereocenters. The average Bonchev–Trinajstić information content (AvgIpc) is 2.91. The van der Waals surface area contributed by atoms with E-state index in [0.717, 1.165) is 18.4 Å². The number of halogens is 1. The Morgan fingerprint density at radius 3 is 2.70 bits per heavy atom. The number of benzene rings is 2. The molecule has 1 fully saturated rings. The third kappa shape index (κ3) is 6.25. The molecule has 11 heteroatoms. The SMILES string of the molecule is CC1(C)OC/C=C/[C@H](O)[C@@H]2CC[C@H]2CN2CCCOc3cc(Cl)ccc3COc3ccc(cc32)S(=O)(=O)NC1=O. The van der Waals surface area contributed by atoms with Crippen molar-refractivity contribution in [2.45, 2.75) is 56.3 Å². The minimum absolute atomic E-state index is 0.0533. The van der Waals surface area contributed by atoms with Crippen molar-refractivity contribution in [2.75, 3.05) is 31.2 Å². The van der Waals surface area contributed by atoms with Crippen LogP contribution in [0.15, 0.2) is 53.4 Å². The predicted octanol–water partition coefficient (Wildman–Crippen LogP) is 4.06. The highest BCUT2D eigenvalue weighted by Gasteiger charge is 2.38. The first kappa shape index (κ1) is 28.7. The van der Waals surface area contributed by atoms with Crippen LogP contribution in [0.5, 0.6) is 11.5 Å². The number of nitrogens with zero attached hydrogens (tertiary/aromatic N) is 1. The van der Waals surface area contributed by atoms with Gasteiger partial charge in [0.15, 0.2) is 0 Å². The number of fused-ring (bicyclic) bond motifs is 3. The highest BCUT2D eigenvalue weighted by atomic mass is 35.5. The maximum Gasteiger partial charge on any atom is 0.265 e. The highest BCUT2D eigenvalue weighted by Crippen LogP contribution is 2.41. The molecule has 0 unspecified atom stereocenters. The Balaban J connectivity index is 1.56. The molecule has 2 aromatic rings. The first-order valence-corrected chi connectivity index (χ1v) is 15.4. The molecule has 5 rings (SSSR count). The summed E-state index contributed by atoms with van der Waals surface area (Å²) in [4.78, 5) is 15.0.